The van der Waals surface area contributed by atoms with E-state index in [1.54, 1.807) is 24.3 Å². The van der Waals surface area contributed by atoms with Gasteiger partial charge in [0, 0.05) is 22.3 Å². The first-order valence-corrected chi connectivity index (χ1v) is 9.02. The van der Waals surface area contributed by atoms with Crippen molar-refractivity contribution in [1.29, 1.82) is 0 Å². The molecule has 0 fully saturated rings. The molecule has 0 unspecified atom stereocenters. The average molecular weight is 376 g/mol. The van der Waals surface area contributed by atoms with Gasteiger partial charge in [-0.3, -0.25) is 9.20 Å². The van der Waals surface area contributed by atoms with E-state index < -0.39 is 0 Å². The van der Waals surface area contributed by atoms with Gasteiger partial charge in [0.05, 0.1) is 0 Å². The molecule has 0 aliphatic heterocycles. The Balaban J connectivity index is 1.87. The molecule has 0 aliphatic carbocycles. The number of hydrogen-bond donors (Lipinski definition) is 1. The van der Waals surface area contributed by atoms with Crippen molar-refractivity contribution < 1.29 is 4.79 Å². The molecule has 0 saturated carbocycles. The fourth-order valence-corrected chi connectivity index (χ4v) is 3.30. The van der Waals surface area contributed by atoms with Crippen LogP contribution in [0.5, 0.6) is 0 Å². The molecule has 5 heteroatoms. The number of carbonyl (C=O) groups excluding carboxylic acids is 1. The first kappa shape index (κ1) is 17.3. The number of benzene rings is 2. The molecule has 0 radical (unpaired) electrons. The van der Waals surface area contributed by atoms with E-state index in [1.807, 2.05) is 60.8 Å². The number of halogens is 1. The maximum absolute atomic E-state index is 12.9. The van der Waals surface area contributed by atoms with Gasteiger partial charge in [-0.15, -0.1) is 0 Å². The van der Waals surface area contributed by atoms with Crippen LogP contribution < -0.4 is 5.32 Å². The van der Waals surface area contributed by atoms with E-state index >= 15 is 0 Å². The highest BCUT2D eigenvalue weighted by molar-refractivity contribution is 6.31. The maximum atomic E-state index is 12.9. The van der Waals surface area contributed by atoms with Crippen LogP contribution in [0.15, 0.2) is 66.9 Å². The van der Waals surface area contributed by atoms with Gasteiger partial charge in [0.2, 0.25) is 0 Å². The van der Waals surface area contributed by atoms with Gasteiger partial charge in [-0.1, -0.05) is 48.0 Å². The van der Waals surface area contributed by atoms with Crippen molar-refractivity contribution >= 4 is 29.0 Å². The Kier molecular flexibility index (Phi) is 4.42. The van der Waals surface area contributed by atoms with Crippen LogP contribution in [0.25, 0.3) is 16.9 Å². The van der Waals surface area contributed by atoms with Gasteiger partial charge in [-0.25, -0.2) is 4.98 Å². The van der Waals surface area contributed by atoms with E-state index in [4.69, 9.17) is 16.6 Å². The topological polar surface area (TPSA) is 46.4 Å². The van der Waals surface area contributed by atoms with Crippen molar-refractivity contribution in [3.8, 4) is 11.3 Å². The summed E-state index contributed by atoms with van der Waals surface area (Å²) in [5.74, 6) is 0.420. The molecule has 0 atom stereocenters. The summed E-state index contributed by atoms with van der Waals surface area (Å²) in [4.78, 5) is 17.6. The smallest absolute Gasteiger partial charge is 0.256 e. The Labute approximate surface area is 162 Å². The molecule has 0 aliphatic rings. The van der Waals surface area contributed by atoms with Gasteiger partial charge < -0.3 is 5.32 Å². The first-order chi connectivity index (χ1) is 13.0. The molecule has 0 spiro atoms. The molecule has 2 aromatic carbocycles. The van der Waals surface area contributed by atoms with E-state index in [9.17, 15) is 4.79 Å². The van der Waals surface area contributed by atoms with Crippen LogP contribution in [-0.4, -0.2) is 15.3 Å². The van der Waals surface area contributed by atoms with E-state index in [0.717, 1.165) is 28.0 Å². The second-order valence-corrected chi connectivity index (χ2v) is 6.96. The Bertz CT molecular complexity index is 1160. The van der Waals surface area contributed by atoms with Crippen molar-refractivity contribution in [2.75, 3.05) is 5.32 Å². The van der Waals surface area contributed by atoms with Crippen molar-refractivity contribution in [2.24, 2.45) is 0 Å². The second-order valence-electron chi connectivity index (χ2n) is 6.52. The van der Waals surface area contributed by atoms with Crippen LogP contribution in [0.4, 0.5) is 5.82 Å². The van der Waals surface area contributed by atoms with Crippen molar-refractivity contribution in [2.45, 2.75) is 13.8 Å². The zero-order valence-corrected chi connectivity index (χ0v) is 15.8. The molecule has 4 rings (SSSR count). The van der Waals surface area contributed by atoms with Crippen LogP contribution in [0.1, 0.15) is 21.5 Å². The van der Waals surface area contributed by atoms with Gasteiger partial charge in [0.25, 0.3) is 5.91 Å². The highest BCUT2D eigenvalue weighted by atomic mass is 35.5. The van der Waals surface area contributed by atoms with Crippen molar-refractivity contribution in [3.63, 3.8) is 0 Å². The molecular formula is C22H18ClN3O. The summed E-state index contributed by atoms with van der Waals surface area (Å²) < 4.78 is 1.92. The molecule has 134 valence electrons. The normalized spacial score (nSPS) is 10.9. The highest BCUT2D eigenvalue weighted by Gasteiger charge is 2.18. The van der Waals surface area contributed by atoms with Crippen LogP contribution in [0.3, 0.4) is 0 Å². The summed E-state index contributed by atoms with van der Waals surface area (Å²) in [5, 5.41) is 3.56. The molecule has 2 heterocycles. The zero-order chi connectivity index (χ0) is 19.0. The number of fused-ring (bicyclic) bond motifs is 1. The van der Waals surface area contributed by atoms with Crippen LogP contribution >= 0.6 is 11.6 Å². The van der Waals surface area contributed by atoms with Gasteiger partial charge in [0.15, 0.2) is 0 Å². The zero-order valence-electron chi connectivity index (χ0n) is 15.0. The summed E-state index contributed by atoms with van der Waals surface area (Å²) in [6.45, 7) is 4.04. The van der Waals surface area contributed by atoms with Crippen LogP contribution in [-0.2, 0) is 0 Å². The largest absolute Gasteiger partial charge is 0.306 e. The van der Waals surface area contributed by atoms with Crippen molar-refractivity contribution in [3.05, 3.63) is 88.6 Å². The minimum absolute atomic E-state index is 0.226. The molecule has 1 N–H and O–H groups in total. The number of rotatable bonds is 3. The molecule has 27 heavy (non-hydrogen) atoms. The maximum Gasteiger partial charge on any atom is 0.256 e. The number of imidazole rings is 1. The third-order valence-corrected chi connectivity index (χ3v) is 4.72. The molecule has 4 aromatic rings. The number of aryl methyl sites for hydroxylation is 2. The summed E-state index contributed by atoms with van der Waals surface area (Å²) in [7, 11) is 0. The summed E-state index contributed by atoms with van der Waals surface area (Å²) >= 11 is 6.04. The molecule has 0 bridgehead atoms. The monoisotopic (exact) mass is 375 g/mol. The van der Waals surface area contributed by atoms with Crippen LogP contribution in [0.2, 0.25) is 5.02 Å². The quantitative estimate of drug-likeness (QED) is 0.512. The van der Waals surface area contributed by atoms with Gasteiger partial charge in [-0.2, -0.15) is 0 Å². The fourth-order valence-electron chi connectivity index (χ4n) is 3.11. The summed E-state index contributed by atoms with van der Waals surface area (Å²) in [6.07, 6.45) is 1.97. The number of hydrogen-bond acceptors (Lipinski definition) is 2. The predicted molar refractivity (Wildman–Crippen MR) is 110 cm³/mol. The number of pyridine rings is 1. The average Bonchev–Trinajstić information content (AvgIpc) is 2.99. The molecule has 1 amide bonds. The third-order valence-electron chi connectivity index (χ3n) is 4.49. The fraction of sp³-hybridized carbons (Fsp3) is 0.0909. The lowest BCUT2D eigenvalue weighted by Crippen LogP contribution is -2.14. The number of carbonyl (C=O) groups is 1. The summed E-state index contributed by atoms with van der Waals surface area (Å²) in [5.41, 5.74) is 5.18. The lowest BCUT2D eigenvalue weighted by molar-refractivity contribution is 0.102. The SMILES string of the molecule is Cc1ccc2nc(-c3ccccc3C)c(NC(=O)c3cccc(Cl)c3)n2c1. The van der Waals surface area contributed by atoms with Crippen LogP contribution in [0, 0.1) is 13.8 Å². The van der Waals surface area contributed by atoms with Gasteiger partial charge in [-0.05, 0) is 49.2 Å². The number of aromatic nitrogens is 2. The van der Waals surface area contributed by atoms with Crippen molar-refractivity contribution in [1.82, 2.24) is 9.38 Å². The summed E-state index contributed by atoms with van der Waals surface area (Å²) in [6, 6.07) is 18.9. The highest BCUT2D eigenvalue weighted by Crippen LogP contribution is 2.31. The molecule has 4 nitrogen and oxygen atoms in total. The predicted octanol–water partition coefficient (Wildman–Crippen LogP) is 5.52. The van der Waals surface area contributed by atoms with E-state index in [1.165, 1.54) is 0 Å². The Morgan fingerprint density at radius 3 is 2.63 bits per heavy atom. The lowest BCUT2D eigenvalue weighted by Gasteiger charge is -2.10. The number of nitrogens with one attached hydrogen (secondary N) is 1. The first-order valence-electron chi connectivity index (χ1n) is 8.64. The Hall–Kier alpha value is -3.11. The second kappa shape index (κ2) is 6.89. The Morgan fingerprint density at radius 2 is 1.85 bits per heavy atom. The Morgan fingerprint density at radius 1 is 1.04 bits per heavy atom. The minimum Gasteiger partial charge on any atom is -0.306 e. The van der Waals surface area contributed by atoms with Gasteiger partial charge >= 0.3 is 0 Å². The van der Waals surface area contributed by atoms with E-state index in [2.05, 4.69) is 5.32 Å². The molecular weight excluding hydrogens is 358 g/mol. The van der Waals surface area contributed by atoms with E-state index in [0.29, 0.717) is 16.4 Å². The standard InChI is InChI=1S/C22H18ClN3O/c1-14-10-11-19-24-20(18-9-4-3-6-15(18)2)21(26(19)13-14)25-22(27)16-7-5-8-17(23)12-16/h3-13H,1-2H3,(H,25,27). The molecule has 0 saturated heterocycles. The third kappa shape index (κ3) is 3.32. The lowest BCUT2D eigenvalue weighted by atomic mass is 10.1. The minimum atomic E-state index is -0.226. The van der Waals surface area contributed by atoms with Gasteiger partial charge in [0.1, 0.15) is 17.2 Å². The number of nitrogens with zero attached hydrogens (tertiary/aromatic N) is 2. The number of amides is 1. The van der Waals surface area contributed by atoms with E-state index in [-0.39, 0.29) is 5.91 Å². The number of anilines is 1. The molecule has 2 aromatic heterocycles.